The van der Waals surface area contributed by atoms with Crippen molar-refractivity contribution in [3.8, 4) is 0 Å². The normalized spacial score (nSPS) is 11.4. The number of anilines is 1. The summed E-state index contributed by atoms with van der Waals surface area (Å²) in [7, 11) is 0. The van der Waals surface area contributed by atoms with Crippen LogP contribution in [0.4, 0.5) is 10.2 Å². The van der Waals surface area contributed by atoms with Crippen LogP contribution in [0.1, 0.15) is 37.7 Å². The molecule has 140 valence electrons. The SMILES string of the molecule is CC(C)(C)c1cc(NC(=O)Cc2ccc(F)cn2)n(Cc2ccccc2)n1. The lowest BCUT2D eigenvalue weighted by Crippen LogP contribution is -2.18. The Labute approximate surface area is 158 Å². The summed E-state index contributed by atoms with van der Waals surface area (Å²) < 4.78 is 14.8. The number of nitrogens with one attached hydrogen (secondary N) is 1. The second-order valence-corrected chi connectivity index (χ2v) is 7.50. The van der Waals surface area contributed by atoms with Crippen molar-refractivity contribution in [1.29, 1.82) is 0 Å². The van der Waals surface area contributed by atoms with E-state index >= 15 is 0 Å². The fourth-order valence-electron chi connectivity index (χ4n) is 2.62. The molecule has 1 aromatic carbocycles. The predicted molar refractivity (Wildman–Crippen MR) is 103 cm³/mol. The fourth-order valence-corrected chi connectivity index (χ4v) is 2.62. The van der Waals surface area contributed by atoms with Crippen LogP contribution in [0.5, 0.6) is 0 Å². The van der Waals surface area contributed by atoms with E-state index in [1.807, 2.05) is 36.4 Å². The Bertz CT molecular complexity index is 912. The Balaban J connectivity index is 1.80. The summed E-state index contributed by atoms with van der Waals surface area (Å²) in [5.74, 6) is -0.00502. The van der Waals surface area contributed by atoms with Crippen molar-refractivity contribution in [3.63, 3.8) is 0 Å². The van der Waals surface area contributed by atoms with Crippen molar-refractivity contribution in [3.05, 3.63) is 77.5 Å². The van der Waals surface area contributed by atoms with Gasteiger partial charge in [-0.15, -0.1) is 0 Å². The van der Waals surface area contributed by atoms with Crippen molar-refractivity contribution < 1.29 is 9.18 Å². The van der Waals surface area contributed by atoms with E-state index in [0.29, 0.717) is 18.1 Å². The molecular formula is C21H23FN4O. The molecule has 0 fully saturated rings. The zero-order chi connectivity index (χ0) is 19.4. The van der Waals surface area contributed by atoms with Crippen molar-refractivity contribution in [2.75, 3.05) is 5.32 Å². The topological polar surface area (TPSA) is 59.8 Å². The molecule has 5 nitrogen and oxygen atoms in total. The molecule has 2 heterocycles. The highest BCUT2D eigenvalue weighted by atomic mass is 19.1. The quantitative estimate of drug-likeness (QED) is 0.744. The second kappa shape index (κ2) is 7.70. The molecule has 0 unspecified atom stereocenters. The molecule has 0 spiro atoms. The minimum absolute atomic E-state index is 0.0711. The van der Waals surface area contributed by atoms with Crippen molar-refractivity contribution in [2.45, 2.75) is 39.2 Å². The molecule has 3 rings (SSSR count). The number of nitrogens with zero attached hydrogens (tertiary/aromatic N) is 3. The van der Waals surface area contributed by atoms with E-state index < -0.39 is 5.82 Å². The standard InChI is InChI=1S/C21H23FN4O/c1-21(2,3)18-12-19(26(25-18)14-15-7-5-4-6-8-15)24-20(27)11-17-10-9-16(22)13-23-17/h4-10,12-13H,11,14H2,1-3H3,(H,24,27). The number of aromatic nitrogens is 3. The number of pyridine rings is 1. The summed E-state index contributed by atoms with van der Waals surface area (Å²) in [6, 6.07) is 14.7. The number of carbonyl (C=O) groups is 1. The molecule has 6 heteroatoms. The molecule has 0 atom stereocenters. The first kappa shape index (κ1) is 18.8. The average Bonchev–Trinajstić information content (AvgIpc) is 3.01. The number of rotatable bonds is 5. The summed E-state index contributed by atoms with van der Waals surface area (Å²) in [4.78, 5) is 16.4. The van der Waals surface area contributed by atoms with Gasteiger partial charge < -0.3 is 5.32 Å². The predicted octanol–water partition coefficient (Wildman–Crippen LogP) is 3.94. The van der Waals surface area contributed by atoms with Crippen LogP contribution in [0.3, 0.4) is 0 Å². The molecule has 0 aliphatic heterocycles. The first-order chi connectivity index (χ1) is 12.8. The van der Waals surface area contributed by atoms with Crippen LogP contribution in [0.15, 0.2) is 54.7 Å². The first-order valence-corrected chi connectivity index (χ1v) is 8.84. The molecule has 0 saturated heterocycles. The van der Waals surface area contributed by atoms with Gasteiger partial charge >= 0.3 is 0 Å². The van der Waals surface area contributed by atoms with Gasteiger partial charge in [-0.1, -0.05) is 51.1 Å². The minimum Gasteiger partial charge on any atom is -0.311 e. The lowest BCUT2D eigenvalue weighted by Gasteiger charge is -2.14. The average molecular weight is 366 g/mol. The molecule has 3 aromatic rings. The molecule has 0 aliphatic rings. The number of amides is 1. The second-order valence-electron chi connectivity index (χ2n) is 7.50. The molecule has 1 N–H and O–H groups in total. The number of carbonyl (C=O) groups excluding carboxylic acids is 1. The van der Waals surface area contributed by atoms with Crippen LogP contribution in [0.25, 0.3) is 0 Å². The van der Waals surface area contributed by atoms with Gasteiger partial charge in [-0.05, 0) is 17.7 Å². The molecule has 1 amide bonds. The minimum atomic E-state index is -0.421. The van der Waals surface area contributed by atoms with E-state index in [4.69, 9.17) is 0 Å². The molecule has 0 saturated carbocycles. The third kappa shape index (κ3) is 5.00. The van der Waals surface area contributed by atoms with Gasteiger partial charge in [0.1, 0.15) is 11.6 Å². The number of halogens is 1. The summed E-state index contributed by atoms with van der Waals surface area (Å²) in [5.41, 5.74) is 2.37. The molecule has 27 heavy (non-hydrogen) atoms. The Hall–Kier alpha value is -3.02. The number of benzene rings is 1. The van der Waals surface area contributed by atoms with Crippen LogP contribution < -0.4 is 5.32 Å². The molecular weight excluding hydrogens is 343 g/mol. The lowest BCUT2D eigenvalue weighted by molar-refractivity contribution is -0.115. The summed E-state index contributed by atoms with van der Waals surface area (Å²) in [6.45, 7) is 6.80. The van der Waals surface area contributed by atoms with Crippen LogP contribution >= 0.6 is 0 Å². The first-order valence-electron chi connectivity index (χ1n) is 8.84. The zero-order valence-corrected chi connectivity index (χ0v) is 15.7. The van der Waals surface area contributed by atoms with E-state index in [1.165, 1.54) is 12.1 Å². The van der Waals surface area contributed by atoms with Crippen LogP contribution in [-0.2, 0) is 23.2 Å². The van der Waals surface area contributed by atoms with Crippen molar-refractivity contribution in [1.82, 2.24) is 14.8 Å². The Morgan fingerprint density at radius 2 is 1.89 bits per heavy atom. The zero-order valence-electron chi connectivity index (χ0n) is 15.7. The van der Waals surface area contributed by atoms with Crippen molar-refractivity contribution >= 4 is 11.7 Å². The highest BCUT2D eigenvalue weighted by Crippen LogP contribution is 2.24. The van der Waals surface area contributed by atoms with E-state index in [0.717, 1.165) is 17.5 Å². The van der Waals surface area contributed by atoms with Gasteiger partial charge in [0, 0.05) is 17.2 Å². The Morgan fingerprint density at radius 1 is 1.15 bits per heavy atom. The van der Waals surface area contributed by atoms with E-state index in [-0.39, 0.29) is 17.7 Å². The maximum Gasteiger partial charge on any atom is 0.231 e. The van der Waals surface area contributed by atoms with Crippen LogP contribution in [0.2, 0.25) is 0 Å². The molecule has 0 radical (unpaired) electrons. The van der Waals surface area contributed by atoms with Gasteiger partial charge in [0.2, 0.25) is 5.91 Å². The lowest BCUT2D eigenvalue weighted by atomic mass is 9.92. The van der Waals surface area contributed by atoms with Gasteiger partial charge in [-0.25, -0.2) is 9.07 Å². The third-order valence-electron chi connectivity index (χ3n) is 4.12. The van der Waals surface area contributed by atoms with Crippen LogP contribution in [0, 0.1) is 5.82 Å². The largest absolute Gasteiger partial charge is 0.311 e. The maximum atomic E-state index is 13.0. The number of hydrogen-bond donors (Lipinski definition) is 1. The van der Waals surface area contributed by atoms with E-state index in [2.05, 4.69) is 36.2 Å². The highest BCUT2D eigenvalue weighted by molar-refractivity contribution is 5.91. The highest BCUT2D eigenvalue weighted by Gasteiger charge is 2.21. The van der Waals surface area contributed by atoms with Gasteiger partial charge in [-0.2, -0.15) is 5.10 Å². The monoisotopic (exact) mass is 366 g/mol. The van der Waals surface area contributed by atoms with Gasteiger partial charge in [0.15, 0.2) is 0 Å². The Morgan fingerprint density at radius 3 is 2.52 bits per heavy atom. The number of hydrogen-bond acceptors (Lipinski definition) is 3. The van der Waals surface area contributed by atoms with Gasteiger partial charge in [0.05, 0.1) is 24.9 Å². The van der Waals surface area contributed by atoms with Crippen LogP contribution in [-0.4, -0.2) is 20.7 Å². The van der Waals surface area contributed by atoms with E-state index in [9.17, 15) is 9.18 Å². The summed E-state index contributed by atoms with van der Waals surface area (Å²) in [6.07, 6.45) is 1.18. The summed E-state index contributed by atoms with van der Waals surface area (Å²) in [5, 5.41) is 7.60. The fraction of sp³-hybridized carbons (Fsp3) is 0.286. The molecule has 0 bridgehead atoms. The molecule has 2 aromatic heterocycles. The third-order valence-corrected chi connectivity index (χ3v) is 4.12. The Kier molecular flexibility index (Phi) is 5.35. The smallest absolute Gasteiger partial charge is 0.231 e. The summed E-state index contributed by atoms with van der Waals surface area (Å²) >= 11 is 0. The van der Waals surface area contributed by atoms with Gasteiger partial charge in [0.25, 0.3) is 0 Å². The van der Waals surface area contributed by atoms with Crippen molar-refractivity contribution in [2.24, 2.45) is 0 Å². The maximum absolute atomic E-state index is 13.0. The van der Waals surface area contributed by atoms with Gasteiger partial charge in [-0.3, -0.25) is 9.78 Å². The molecule has 0 aliphatic carbocycles. The van der Waals surface area contributed by atoms with E-state index in [1.54, 1.807) is 4.68 Å².